The second-order valence-corrected chi connectivity index (χ2v) is 5.06. The maximum absolute atomic E-state index is 6.03. The van der Waals surface area contributed by atoms with Crippen LogP contribution in [0.5, 0.6) is 5.75 Å². The van der Waals surface area contributed by atoms with Crippen molar-refractivity contribution >= 4 is 16.9 Å². The Bertz CT molecular complexity index is 974. The minimum atomic E-state index is 0.417. The molecule has 4 rings (SSSR count). The summed E-state index contributed by atoms with van der Waals surface area (Å²) in [7, 11) is 1.63. The van der Waals surface area contributed by atoms with Crippen LogP contribution in [0.3, 0.4) is 0 Å². The van der Waals surface area contributed by atoms with Gasteiger partial charge in [0, 0.05) is 18.5 Å². The van der Waals surface area contributed by atoms with Crippen molar-refractivity contribution in [2.24, 2.45) is 0 Å². The van der Waals surface area contributed by atoms with Gasteiger partial charge in [-0.25, -0.2) is 15.0 Å². The predicted octanol–water partition coefficient (Wildman–Crippen LogP) is 2.40. The summed E-state index contributed by atoms with van der Waals surface area (Å²) >= 11 is 0. The van der Waals surface area contributed by atoms with Crippen molar-refractivity contribution < 1.29 is 4.74 Å². The van der Waals surface area contributed by atoms with Crippen LogP contribution >= 0.6 is 0 Å². The zero-order valence-corrected chi connectivity index (χ0v) is 12.4. The number of hydrogen-bond donors (Lipinski definition) is 2. The molecule has 23 heavy (non-hydrogen) atoms. The van der Waals surface area contributed by atoms with E-state index < -0.39 is 0 Å². The smallest absolute Gasteiger partial charge is 0.142 e. The van der Waals surface area contributed by atoms with Crippen LogP contribution in [0.25, 0.3) is 28.1 Å². The third kappa shape index (κ3) is 2.28. The van der Waals surface area contributed by atoms with E-state index in [1.165, 1.54) is 0 Å². The summed E-state index contributed by atoms with van der Waals surface area (Å²) in [4.78, 5) is 16.2. The lowest BCUT2D eigenvalue weighted by Crippen LogP contribution is -1.99. The number of ether oxygens (including phenoxy) is 1. The highest BCUT2D eigenvalue weighted by molar-refractivity contribution is 5.83. The van der Waals surface area contributed by atoms with E-state index in [4.69, 9.17) is 10.5 Å². The zero-order valence-electron chi connectivity index (χ0n) is 12.4. The van der Waals surface area contributed by atoms with Crippen LogP contribution in [0.2, 0.25) is 0 Å². The Morgan fingerprint density at radius 3 is 2.96 bits per heavy atom. The van der Waals surface area contributed by atoms with E-state index in [1.807, 2.05) is 35.0 Å². The second-order valence-electron chi connectivity index (χ2n) is 5.06. The van der Waals surface area contributed by atoms with Gasteiger partial charge in [-0.3, -0.25) is 0 Å². The number of anilines is 1. The quantitative estimate of drug-likeness (QED) is 0.606. The molecule has 0 radical (unpaired) electrons. The molecule has 0 unspecified atom stereocenters. The van der Waals surface area contributed by atoms with Crippen LogP contribution < -0.4 is 10.5 Å². The van der Waals surface area contributed by atoms with E-state index in [0.29, 0.717) is 11.6 Å². The zero-order chi connectivity index (χ0) is 15.8. The molecule has 0 spiro atoms. The van der Waals surface area contributed by atoms with Gasteiger partial charge < -0.3 is 20.0 Å². The molecule has 114 valence electrons. The molecule has 4 aromatic rings. The number of aromatic nitrogens is 5. The van der Waals surface area contributed by atoms with Crippen LogP contribution in [0.1, 0.15) is 0 Å². The standard InChI is InChI=1S/C16H14N6O/c1-23-11-2-3-13-14(7-11)21-16(20-13)12-6-10(8-19-15(12)17)22-5-4-18-9-22/h2-9H,1H3,(H2,17,19)(H,20,21). The van der Waals surface area contributed by atoms with Crippen molar-refractivity contribution in [2.75, 3.05) is 12.8 Å². The van der Waals surface area contributed by atoms with Crippen LogP contribution in [-0.2, 0) is 0 Å². The molecule has 0 bridgehead atoms. The van der Waals surface area contributed by atoms with E-state index in [1.54, 1.807) is 25.8 Å². The average Bonchev–Trinajstić information content (AvgIpc) is 3.24. The lowest BCUT2D eigenvalue weighted by Gasteiger charge is -2.06. The Balaban J connectivity index is 1.85. The number of nitrogens with zero attached hydrogens (tertiary/aromatic N) is 4. The van der Waals surface area contributed by atoms with Crippen molar-refractivity contribution in [1.29, 1.82) is 0 Å². The largest absolute Gasteiger partial charge is 0.497 e. The SMILES string of the molecule is COc1ccc2nc(-c3cc(-n4ccnc4)cnc3N)[nH]c2c1. The molecule has 0 saturated heterocycles. The Hall–Kier alpha value is -3.35. The van der Waals surface area contributed by atoms with Crippen molar-refractivity contribution in [3.8, 4) is 22.8 Å². The van der Waals surface area contributed by atoms with Gasteiger partial charge in [0.1, 0.15) is 17.4 Å². The number of methoxy groups -OCH3 is 1. The number of benzene rings is 1. The first-order chi connectivity index (χ1) is 11.2. The summed E-state index contributed by atoms with van der Waals surface area (Å²) < 4.78 is 7.10. The maximum Gasteiger partial charge on any atom is 0.142 e. The lowest BCUT2D eigenvalue weighted by atomic mass is 10.2. The van der Waals surface area contributed by atoms with Crippen LogP contribution in [-0.4, -0.2) is 31.6 Å². The van der Waals surface area contributed by atoms with Gasteiger partial charge in [0.05, 0.1) is 41.9 Å². The highest BCUT2D eigenvalue weighted by Crippen LogP contribution is 2.27. The number of hydrogen-bond acceptors (Lipinski definition) is 5. The summed E-state index contributed by atoms with van der Waals surface area (Å²) in [5, 5.41) is 0. The van der Waals surface area contributed by atoms with Gasteiger partial charge in [-0.15, -0.1) is 0 Å². The number of H-pyrrole nitrogens is 1. The number of nitrogens with two attached hydrogens (primary N) is 1. The first-order valence-electron chi connectivity index (χ1n) is 7.02. The molecule has 1 aromatic carbocycles. The number of pyridine rings is 1. The molecule has 0 saturated carbocycles. The van der Waals surface area contributed by atoms with E-state index in [-0.39, 0.29) is 0 Å². The summed E-state index contributed by atoms with van der Waals surface area (Å²) in [6.45, 7) is 0. The predicted molar refractivity (Wildman–Crippen MR) is 87.4 cm³/mol. The molecule has 0 atom stereocenters. The number of imidazole rings is 2. The average molecular weight is 306 g/mol. The highest BCUT2D eigenvalue weighted by Gasteiger charge is 2.11. The molecule has 3 aromatic heterocycles. The molecule has 7 heteroatoms. The highest BCUT2D eigenvalue weighted by atomic mass is 16.5. The molecule has 0 aliphatic carbocycles. The van der Waals surface area contributed by atoms with Gasteiger partial charge in [0.15, 0.2) is 0 Å². The van der Waals surface area contributed by atoms with Gasteiger partial charge in [-0.2, -0.15) is 0 Å². The number of rotatable bonds is 3. The Morgan fingerprint density at radius 1 is 1.26 bits per heavy atom. The van der Waals surface area contributed by atoms with E-state index in [2.05, 4.69) is 19.9 Å². The summed E-state index contributed by atoms with van der Waals surface area (Å²) in [6.07, 6.45) is 6.97. The third-order valence-corrected chi connectivity index (χ3v) is 3.65. The van der Waals surface area contributed by atoms with Gasteiger partial charge in [0.25, 0.3) is 0 Å². The molecule has 0 fully saturated rings. The molecule has 3 N–H and O–H groups in total. The monoisotopic (exact) mass is 306 g/mol. The summed E-state index contributed by atoms with van der Waals surface area (Å²) in [5.74, 6) is 1.85. The molecular formula is C16H14N6O. The molecule has 7 nitrogen and oxygen atoms in total. The molecule has 0 aliphatic heterocycles. The maximum atomic E-state index is 6.03. The van der Waals surface area contributed by atoms with Crippen molar-refractivity contribution in [3.63, 3.8) is 0 Å². The van der Waals surface area contributed by atoms with Gasteiger partial charge in [-0.1, -0.05) is 0 Å². The summed E-state index contributed by atoms with van der Waals surface area (Å²) in [6, 6.07) is 7.60. The van der Waals surface area contributed by atoms with Gasteiger partial charge >= 0.3 is 0 Å². The Labute approximate surface area is 131 Å². The van der Waals surface area contributed by atoms with Crippen LogP contribution in [0.4, 0.5) is 5.82 Å². The van der Waals surface area contributed by atoms with E-state index >= 15 is 0 Å². The van der Waals surface area contributed by atoms with Crippen molar-refractivity contribution in [1.82, 2.24) is 24.5 Å². The fourth-order valence-electron chi connectivity index (χ4n) is 2.45. The Kier molecular flexibility index (Phi) is 2.97. The van der Waals surface area contributed by atoms with Gasteiger partial charge in [-0.05, 0) is 18.2 Å². The number of fused-ring (bicyclic) bond motifs is 1. The lowest BCUT2D eigenvalue weighted by molar-refractivity contribution is 0.415. The number of nitrogens with one attached hydrogen (secondary N) is 1. The number of aromatic amines is 1. The minimum Gasteiger partial charge on any atom is -0.497 e. The molecule has 3 heterocycles. The van der Waals surface area contributed by atoms with Crippen molar-refractivity contribution in [2.45, 2.75) is 0 Å². The van der Waals surface area contributed by atoms with Crippen LogP contribution in [0, 0.1) is 0 Å². The van der Waals surface area contributed by atoms with E-state index in [9.17, 15) is 0 Å². The minimum absolute atomic E-state index is 0.417. The third-order valence-electron chi connectivity index (χ3n) is 3.65. The van der Waals surface area contributed by atoms with Gasteiger partial charge in [0.2, 0.25) is 0 Å². The molecule has 0 amide bonds. The molecule has 0 aliphatic rings. The first-order valence-corrected chi connectivity index (χ1v) is 7.02. The van der Waals surface area contributed by atoms with Crippen LogP contribution in [0.15, 0.2) is 49.2 Å². The second kappa shape index (κ2) is 5.13. The Morgan fingerprint density at radius 2 is 2.17 bits per heavy atom. The molecular weight excluding hydrogens is 292 g/mol. The van der Waals surface area contributed by atoms with E-state index in [0.717, 1.165) is 28.0 Å². The fourth-order valence-corrected chi connectivity index (χ4v) is 2.45. The fraction of sp³-hybridized carbons (Fsp3) is 0.0625. The summed E-state index contributed by atoms with van der Waals surface area (Å²) in [5.41, 5.74) is 9.36. The topological polar surface area (TPSA) is 94.6 Å². The van der Waals surface area contributed by atoms with Crippen molar-refractivity contribution in [3.05, 3.63) is 49.2 Å². The normalized spacial score (nSPS) is 11.0. The number of nitrogen functional groups attached to an aromatic ring is 1. The first kappa shape index (κ1) is 13.3.